The van der Waals surface area contributed by atoms with E-state index in [9.17, 15) is 19.5 Å². The van der Waals surface area contributed by atoms with E-state index in [0.717, 1.165) is 0 Å². The number of hydrogen-bond donors (Lipinski definition) is 2. The molecule has 0 unspecified atom stereocenters. The van der Waals surface area contributed by atoms with Crippen molar-refractivity contribution in [3.63, 3.8) is 0 Å². The van der Waals surface area contributed by atoms with Crippen LogP contribution < -0.4 is 5.43 Å². The lowest BCUT2D eigenvalue weighted by Crippen LogP contribution is -2.16. The van der Waals surface area contributed by atoms with Crippen LogP contribution in [-0.2, 0) is 14.3 Å². The minimum atomic E-state index is -1.10. The van der Waals surface area contributed by atoms with Crippen LogP contribution in [0.15, 0.2) is 35.3 Å². The zero-order valence-electron chi connectivity index (χ0n) is 11.6. The van der Waals surface area contributed by atoms with Crippen molar-refractivity contribution < 1.29 is 19.4 Å². The number of ether oxygens (including phenoxy) is 1. The average Bonchev–Trinajstić information content (AvgIpc) is 2.48. The first-order valence-corrected chi connectivity index (χ1v) is 6.75. The third-order valence-electron chi connectivity index (χ3n) is 2.86. The number of hydrogen-bond acceptors (Lipinski definition) is 5. The van der Waals surface area contributed by atoms with Crippen LogP contribution in [0, 0.1) is 0 Å². The molecule has 114 valence electrons. The average molecular weight is 322 g/mol. The molecule has 2 N–H and O–H groups in total. The van der Waals surface area contributed by atoms with Gasteiger partial charge in [-0.2, -0.15) is 0 Å². The van der Waals surface area contributed by atoms with E-state index in [1.165, 1.54) is 12.3 Å². The zero-order chi connectivity index (χ0) is 16.3. The highest BCUT2D eigenvalue weighted by molar-refractivity contribution is 6.39. The molecule has 22 heavy (non-hydrogen) atoms. The molecule has 0 fully saturated rings. The van der Waals surface area contributed by atoms with Crippen LogP contribution in [0.3, 0.4) is 0 Å². The highest BCUT2D eigenvalue weighted by atomic mass is 35.5. The highest BCUT2D eigenvalue weighted by Crippen LogP contribution is 2.17. The summed E-state index contributed by atoms with van der Waals surface area (Å²) in [5, 5.41) is 10.5. The molecule has 0 aliphatic heterocycles. The van der Waals surface area contributed by atoms with Gasteiger partial charge in [0, 0.05) is 28.2 Å². The molecule has 0 aliphatic carbocycles. The van der Waals surface area contributed by atoms with Gasteiger partial charge in [0.25, 0.3) is 5.78 Å². The Balaban J connectivity index is 2.46. The van der Waals surface area contributed by atoms with Gasteiger partial charge in [0.05, 0.1) is 12.2 Å². The van der Waals surface area contributed by atoms with Crippen LogP contribution in [0.1, 0.15) is 12.5 Å². The molecule has 0 saturated carbocycles. The Morgan fingerprint density at radius 3 is 2.82 bits per heavy atom. The summed E-state index contributed by atoms with van der Waals surface area (Å²) in [6, 6.07) is 4.67. The van der Waals surface area contributed by atoms with Gasteiger partial charge in [-0.25, -0.2) is 4.79 Å². The first kappa shape index (κ1) is 15.8. The van der Waals surface area contributed by atoms with Crippen molar-refractivity contribution in [3.8, 4) is 0 Å². The number of aromatic nitrogens is 1. The first-order valence-electron chi connectivity index (χ1n) is 6.37. The minimum Gasteiger partial charge on any atom is -0.507 e. The standard InChI is InChI=1S/C15H12ClNO5/c1-2-22-15(21)13(19)6-12(18)10-7-17-11-4-3-8(16)5-9(11)14(10)20/h3-7,18H,2H2,1H3,(H,17,20)/b12-6-. The number of carbonyl (C=O) groups excluding carboxylic acids is 2. The summed E-state index contributed by atoms with van der Waals surface area (Å²) >= 11 is 5.84. The van der Waals surface area contributed by atoms with Gasteiger partial charge in [0.2, 0.25) is 0 Å². The SMILES string of the molecule is CCOC(=O)C(=O)/C=C(\O)c1c[nH]c2ccc(Cl)cc2c1=O. The molecule has 0 radical (unpaired) electrons. The summed E-state index contributed by atoms with van der Waals surface area (Å²) in [5.41, 5.74) is -0.128. The van der Waals surface area contributed by atoms with Gasteiger partial charge in [0.15, 0.2) is 5.43 Å². The lowest BCUT2D eigenvalue weighted by Gasteiger charge is -2.03. The molecular formula is C15H12ClNO5. The highest BCUT2D eigenvalue weighted by Gasteiger charge is 2.16. The maximum atomic E-state index is 12.3. The van der Waals surface area contributed by atoms with Crippen LogP contribution in [0.5, 0.6) is 0 Å². The maximum Gasteiger partial charge on any atom is 0.379 e. The molecule has 6 nitrogen and oxygen atoms in total. The molecule has 0 saturated heterocycles. The number of halogens is 1. The fourth-order valence-corrected chi connectivity index (χ4v) is 2.02. The number of aromatic amines is 1. The predicted octanol–water partition coefficient (Wildman–Crippen LogP) is 2.21. The first-order chi connectivity index (χ1) is 10.4. The van der Waals surface area contributed by atoms with Gasteiger partial charge in [-0.1, -0.05) is 11.6 Å². The van der Waals surface area contributed by atoms with Gasteiger partial charge in [0.1, 0.15) is 5.76 Å². The van der Waals surface area contributed by atoms with Crippen LogP contribution >= 0.6 is 11.6 Å². The van der Waals surface area contributed by atoms with E-state index in [4.69, 9.17) is 11.6 Å². The second kappa shape index (κ2) is 6.44. The van der Waals surface area contributed by atoms with Gasteiger partial charge < -0.3 is 14.8 Å². The Kier molecular flexibility index (Phi) is 4.62. The van der Waals surface area contributed by atoms with Crippen LogP contribution in [0.2, 0.25) is 5.02 Å². The fraction of sp³-hybridized carbons (Fsp3) is 0.133. The number of benzene rings is 1. The van der Waals surface area contributed by atoms with Gasteiger partial charge >= 0.3 is 5.97 Å². The summed E-state index contributed by atoms with van der Waals surface area (Å²) in [5.74, 6) is -2.78. The quantitative estimate of drug-likeness (QED) is 0.389. The third kappa shape index (κ3) is 3.17. The molecule has 1 aromatic heterocycles. The summed E-state index contributed by atoms with van der Waals surface area (Å²) in [4.78, 5) is 37.8. The molecule has 2 aromatic rings. The number of ketones is 1. The number of H-pyrrole nitrogens is 1. The molecule has 0 aliphatic rings. The molecule has 0 bridgehead atoms. The second-order valence-electron chi connectivity index (χ2n) is 4.34. The van der Waals surface area contributed by atoms with Crippen molar-refractivity contribution in [1.29, 1.82) is 0 Å². The number of esters is 1. The van der Waals surface area contributed by atoms with Crippen molar-refractivity contribution in [2.45, 2.75) is 6.92 Å². The Hall–Kier alpha value is -2.60. The minimum absolute atomic E-state index is 0.0359. The number of rotatable bonds is 4. The number of carbonyl (C=O) groups is 2. The molecule has 1 aromatic carbocycles. The van der Waals surface area contributed by atoms with E-state index < -0.39 is 22.9 Å². The Morgan fingerprint density at radius 1 is 1.41 bits per heavy atom. The van der Waals surface area contributed by atoms with E-state index in [0.29, 0.717) is 16.6 Å². The normalized spacial score (nSPS) is 11.5. The summed E-state index contributed by atoms with van der Waals surface area (Å²) < 4.78 is 4.51. The van der Waals surface area contributed by atoms with Crippen molar-refractivity contribution in [1.82, 2.24) is 4.98 Å². The summed E-state index contributed by atoms with van der Waals surface area (Å²) in [7, 11) is 0. The monoisotopic (exact) mass is 321 g/mol. The Labute approximate surface area is 130 Å². The number of fused-ring (bicyclic) bond motifs is 1. The summed E-state index contributed by atoms with van der Waals surface area (Å²) in [6.07, 6.45) is 1.90. The van der Waals surface area contributed by atoms with Gasteiger partial charge in [-0.05, 0) is 25.1 Å². The van der Waals surface area contributed by atoms with Crippen LogP contribution in [0.25, 0.3) is 16.7 Å². The van der Waals surface area contributed by atoms with Crippen LogP contribution in [-0.4, -0.2) is 28.4 Å². The maximum absolute atomic E-state index is 12.3. The lowest BCUT2D eigenvalue weighted by molar-refractivity contribution is -0.151. The summed E-state index contributed by atoms with van der Waals surface area (Å²) in [6.45, 7) is 1.58. The molecule has 0 spiro atoms. The van der Waals surface area contributed by atoms with Gasteiger partial charge in [-0.3, -0.25) is 9.59 Å². The van der Waals surface area contributed by atoms with E-state index in [1.807, 2.05) is 0 Å². The molecule has 7 heteroatoms. The molecule has 0 atom stereocenters. The largest absolute Gasteiger partial charge is 0.507 e. The molecular weight excluding hydrogens is 310 g/mol. The van der Waals surface area contributed by atoms with Crippen molar-refractivity contribution >= 4 is 40.0 Å². The van der Waals surface area contributed by atoms with Crippen molar-refractivity contribution in [2.75, 3.05) is 6.61 Å². The lowest BCUT2D eigenvalue weighted by atomic mass is 10.1. The number of aliphatic hydroxyl groups is 1. The smallest absolute Gasteiger partial charge is 0.379 e. The topological polar surface area (TPSA) is 96.5 Å². The molecule has 0 amide bonds. The number of pyridine rings is 1. The second-order valence-corrected chi connectivity index (χ2v) is 4.77. The van der Waals surface area contributed by atoms with Crippen LogP contribution in [0.4, 0.5) is 0 Å². The Bertz CT molecular complexity index is 837. The number of nitrogens with one attached hydrogen (secondary N) is 1. The van der Waals surface area contributed by atoms with E-state index in [1.54, 1.807) is 19.1 Å². The van der Waals surface area contributed by atoms with E-state index >= 15 is 0 Å². The van der Waals surface area contributed by atoms with Gasteiger partial charge in [-0.15, -0.1) is 0 Å². The third-order valence-corrected chi connectivity index (χ3v) is 3.10. The van der Waals surface area contributed by atoms with E-state index in [2.05, 4.69) is 9.72 Å². The predicted molar refractivity (Wildman–Crippen MR) is 81.8 cm³/mol. The van der Waals surface area contributed by atoms with Crippen molar-refractivity contribution in [3.05, 3.63) is 51.3 Å². The zero-order valence-corrected chi connectivity index (χ0v) is 12.3. The number of aliphatic hydroxyl groups excluding tert-OH is 1. The fourth-order valence-electron chi connectivity index (χ4n) is 1.84. The molecule has 1 heterocycles. The van der Waals surface area contributed by atoms with Crippen molar-refractivity contribution in [2.24, 2.45) is 0 Å². The van der Waals surface area contributed by atoms with E-state index in [-0.39, 0.29) is 17.6 Å². The molecule has 2 rings (SSSR count). The Morgan fingerprint density at radius 2 is 2.14 bits per heavy atom.